The molecule has 0 aliphatic heterocycles. The average Bonchev–Trinajstić information content (AvgIpc) is 2.83. The fourth-order valence-electron chi connectivity index (χ4n) is 3.12. The molecule has 42 heavy (non-hydrogen) atoms. The molecule has 0 amide bonds. The summed E-state index contributed by atoms with van der Waals surface area (Å²) < 4.78 is 36.5. The molecule has 12 nitrogen and oxygen atoms in total. The van der Waals surface area contributed by atoms with Crippen molar-refractivity contribution < 1.29 is 52.3 Å². The van der Waals surface area contributed by atoms with Gasteiger partial charge in [0.25, 0.3) is 0 Å². The minimum atomic E-state index is -1.14. The molecule has 0 fully saturated rings. The quantitative estimate of drug-likeness (QED) is 0.216. The van der Waals surface area contributed by atoms with Crippen molar-refractivity contribution >= 4 is 24.4 Å². The number of hydrogen-bond acceptors (Lipinski definition) is 12. The van der Waals surface area contributed by atoms with Crippen molar-refractivity contribution in [3.63, 3.8) is 0 Å². The fraction of sp³-hybridized carbons (Fsp3) is 0.467. The van der Waals surface area contributed by atoms with Gasteiger partial charge in [0.1, 0.15) is 35.2 Å². The number of carbonyl (C=O) groups excluding carboxylic acids is 4. The second kappa shape index (κ2) is 14.5. The van der Waals surface area contributed by atoms with E-state index in [-0.39, 0.29) is 17.9 Å². The summed E-state index contributed by atoms with van der Waals surface area (Å²) in [6.07, 6.45) is -4.72. The zero-order chi connectivity index (χ0) is 31.7. The summed E-state index contributed by atoms with van der Waals surface area (Å²) in [7, 11) is 0. The third kappa shape index (κ3) is 12.5. The number of para-hydroxylation sites is 1. The largest absolute Gasteiger partial charge is 0.514 e. The smallest absolute Gasteiger partial charge is 0.458 e. The molecule has 0 spiro atoms. The van der Waals surface area contributed by atoms with Gasteiger partial charge >= 0.3 is 24.4 Å². The molecule has 2 rings (SSSR count). The van der Waals surface area contributed by atoms with Gasteiger partial charge in [0.2, 0.25) is 0 Å². The Morgan fingerprint density at radius 2 is 1.21 bits per heavy atom. The predicted molar refractivity (Wildman–Crippen MR) is 150 cm³/mol. The van der Waals surface area contributed by atoms with Crippen molar-refractivity contribution in [2.75, 3.05) is 0 Å². The minimum Gasteiger partial charge on any atom is -0.458 e. The number of hydrogen-bond donors (Lipinski definition) is 1. The highest BCUT2D eigenvalue weighted by molar-refractivity contribution is 5.76. The summed E-state index contributed by atoms with van der Waals surface area (Å²) in [4.78, 5) is 49.3. The van der Waals surface area contributed by atoms with Crippen LogP contribution in [0.1, 0.15) is 61.0 Å². The Hall–Kier alpha value is -4.32. The van der Waals surface area contributed by atoms with Gasteiger partial charge in [-0.15, -0.1) is 0 Å². The Balaban J connectivity index is 2.06. The van der Waals surface area contributed by atoms with Crippen LogP contribution in [-0.4, -0.2) is 53.9 Å². The second-order valence-electron chi connectivity index (χ2n) is 11.4. The zero-order valence-corrected chi connectivity index (χ0v) is 25.1. The normalized spacial score (nSPS) is 13.5. The summed E-state index contributed by atoms with van der Waals surface area (Å²) in [5.41, 5.74) is 4.87. The van der Waals surface area contributed by atoms with E-state index in [1.165, 1.54) is 18.2 Å². The third-order valence-corrected chi connectivity index (χ3v) is 5.12. The molecule has 2 N–H and O–H groups in total. The Labute approximate surface area is 245 Å². The van der Waals surface area contributed by atoms with Gasteiger partial charge in [0.15, 0.2) is 11.5 Å². The molecule has 0 heterocycles. The van der Waals surface area contributed by atoms with E-state index in [0.717, 1.165) is 0 Å². The summed E-state index contributed by atoms with van der Waals surface area (Å²) in [5.74, 6) is -0.727. The van der Waals surface area contributed by atoms with Gasteiger partial charge in [-0.05, 0) is 91.6 Å². The molecule has 0 bridgehead atoms. The minimum absolute atomic E-state index is 0.0335. The van der Waals surface area contributed by atoms with Crippen LogP contribution in [-0.2, 0) is 30.2 Å². The van der Waals surface area contributed by atoms with Gasteiger partial charge in [-0.25, -0.2) is 14.4 Å². The van der Waals surface area contributed by atoms with E-state index in [4.69, 9.17) is 38.9 Å². The third-order valence-electron chi connectivity index (χ3n) is 5.12. The number of rotatable bonds is 9. The molecule has 0 radical (unpaired) electrons. The first-order valence-corrected chi connectivity index (χ1v) is 13.3. The second-order valence-corrected chi connectivity index (χ2v) is 11.4. The molecule has 230 valence electrons. The molecule has 12 heteroatoms. The van der Waals surface area contributed by atoms with Gasteiger partial charge in [0, 0.05) is 0 Å². The van der Waals surface area contributed by atoms with Crippen molar-refractivity contribution in [3.8, 4) is 17.2 Å². The van der Waals surface area contributed by atoms with E-state index in [9.17, 15) is 19.2 Å². The number of nitrogens with two attached hydrogens (primary N) is 1. The van der Waals surface area contributed by atoms with Gasteiger partial charge in [-0.1, -0.05) is 24.3 Å². The van der Waals surface area contributed by atoms with Crippen molar-refractivity contribution in [2.45, 2.75) is 91.3 Å². The van der Waals surface area contributed by atoms with Gasteiger partial charge in [0.05, 0.1) is 0 Å². The van der Waals surface area contributed by atoms with Gasteiger partial charge < -0.3 is 38.9 Å². The van der Waals surface area contributed by atoms with E-state index in [2.05, 4.69) is 0 Å². The van der Waals surface area contributed by atoms with Crippen LogP contribution in [0.4, 0.5) is 14.4 Å². The van der Waals surface area contributed by atoms with Crippen LogP contribution in [0, 0.1) is 0 Å². The van der Waals surface area contributed by atoms with Crippen molar-refractivity contribution in [1.29, 1.82) is 0 Å². The number of benzene rings is 2. The monoisotopic (exact) mass is 589 g/mol. The number of carbonyl (C=O) groups is 4. The van der Waals surface area contributed by atoms with Gasteiger partial charge in [-0.2, -0.15) is 0 Å². The topological polar surface area (TPSA) is 159 Å². The lowest BCUT2D eigenvalue weighted by molar-refractivity contribution is -0.155. The van der Waals surface area contributed by atoms with E-state index in [1.54, 1.807) is 85.7 Å². The van der Waals surface area contributed by atoms with Crippen LogP contribution in [0.5, 0.6) is 17.2 Å². The Kier molecular flexibility index (Phi) is 11.7. The molecule has 0 aliphatic carbocycles. The predicted octanol–water partition coefficient (Wildman–Crippen LogP) is 5.72. The Morgan fingerprint density at radius 3 is 1.76 bits per heavy atom. The zero-order valence-electron chi connectivity index (χ0n) is 25.1. The molecule has 3 atom stereocenters. The first-order chi connectivity index (χ1) is 19.4. The molecular formula is C30H39NO11. The lowest BCUT2D eigenvalue weighted by Gasteiger charge is -2.22. The van der Waals surface area contributed by atoms with Crippen LogP contribution < -0.4 is 19.9 Å². The highest BCUT2D eigenvalue weighted by Gasteiger charge is 2.27. The number of esters is 1. The summed E-state index contributed by atoms with van der Waals surface area (Å²) >= 11 is 0. The fourth-order valence-corrected chi connectivity index (χ4v) is 3.12. The summed E-state index contributed by atoms with van der Waals surface area (Å²) in [6, 6.07) is 11.5. The van der Waals surface area contributed by atoms with E-state index < -0.39 is 53.9 Å². The highest BCUT2D eigenvalue weighted by atomic mass is 16.8. The van der Waals surface area contributed by atoms with Crippen LogP contribution in [0.3, 0.4) is 0 Å². The molecule has 0 unspecified atom stereocenters. The van der Waals surface area contributed by atoms with Crippen molar-refractivity contribution in [1.82, 2.24) is 0 Å². The maximum atomic E-state index is 12.7. The number of ether oxygens (including phenoxy) is 7. The first-order valence-electron chi connectivity index (χ1n) is 13.3. The molecule has 0 saturated carbocycles. The van der Waals surface area contributed by atoms with E-state index >= 15 is 0 Å². The molecule has 2 aromatic carbocycles. The SMILES string of the molecule is C[C@H](OC(=O)Oc1ccccc1)[C@H](C)OC(=O)[C@@H](N)Cc1ccc(OC(=O)OC(C)(C)C)c(OC(=O)OC(C)(C)C)c1. The Morgan fingerprint density at radius 1 is 0.690 bits per heavy atom. The van der Waals surface area contributed by atoms with Crippen LogP contribution in [0.15, 0.2) is 48.5 Å². The van der Waals surface area contributed by atoms with E-state index in [0.29, 0.717) is 11.3 Å². The summed E-state index contributed by atoms with van der Waals surface area (Å²) in [5, 5.41) is 0. The van der Waals surface area contributed by atoms with Crippen LogP contribution >= 0.6 is 0 Å². The van der Waals surface area contributed by atoms with Crippen LogP contribution in [0.2, 0.25) is 0 Å². The van der Waals surface area contributed by atoms with Gasteiger partial charge in [-0.3, -0.25) is 4.79 Å². The van der Waals surface area contributed by atoms with E-state index in [1.807, 2.05) is 0 Å². The lowest BCUT2D eigenvalue weighted by atomic mass is 10.1. The molecule has 0 saturated heterocycles. The maximum Gasteiger partial charge on any atom is 0.514 e. The first kappa shape index (κ1) is 33.9. The summed E-state index contributed by atoms with van der Waals surface area (Å²) in [6.45, 7) is 13.1. The molecule has 0 aromatic heterocycles. The van der Waals surface area contributed by atoms with Crippen molar-refractivity contribution in [2.24, 2.45) is 5.73 Å². The highest BCUT2D eigenvalue weighted by Crippen LogP contribution is 2.31. The lowest BCUT2D eigenvalue weighted by Crippen LogP contribution is -2.39. The average molecular weight is 590 g/mol. The maximum absolute atomic E-state index is 12.7. The van der Waals surface area contributed by atoms with Crippen LogP contribution in [0.25, 0.3) is 0 Å². The Bertz CT molecular complexity index is 1230. The molecule has 0 aliphatic rings. The molecular weight excluding hydrogens is 550 g/mol. The standard InChI is InChI=1S/C30H39NO11/c1-18(19(2)37-26(33)38-21-12-10-9-11-13-21)36-25(32)22(31)16-20-14-15-23(39-27(34)41-29(3,4)5)24(17-20)40-28(35)42-30(6,7)8/h9-15,17-19,22H,16,31H2,1-8H3/t18-,19-,22-/m0/s1. The van der Waals surface area contributed by atoms with Crippen molar-refractivity contribution in [3.05, 3.63) is 54.1 Å². The molecule has 2 aromatic rings.